The van der Waals surface area contributed by atoms with Gasteiger partial charge in [-0.2, -0.15) is 0 Å². The maximum absolute atomic E-state index is 10.7. The molecular formula is C12H25NO. The molecule has 84 valence electrons. The molecule has 3 N–H and O–H groups in total. The molecule has 0 bridgehead atoms. The van der Waals surface area contributed by atoms with Crippen molar-refractivity contribution in [2.45, 2.75) is 58.5 Å². The standard InChI is InChI=1S/C12H25NO/c1-11(2,3)12(14,9-13)10-7-5-4-6-8-10/h10,14H,4-9,13H2,1-3H3. The van der Waals surface area contributed by atoms with Crippen LogP contribution in [0.4, 0.5) is 0 Å². The number of rotatable bonds is 2. The lowest BCUT2D eigenvalue weighted by atomic mass is 9.64. The first-order valence-corrected chi connectivity index (χ1v) is 5.84. The van der Waals surface area contributed by atoms with Gasteiger partial charge in [-0.3, -0.25) is 0 Å². The van der Waals surface area contributed by atoms with Gasteiger partial charge in [0.15, 0.2) is 0 Å². The summed E-state index contributed by atoms with van der Waals surface area (Å²) in [6, 6.07) is 0. The van der Waals surface area contributed by atoms with E-state index in [4.69, 9.17) is 5.73 Å². The monoisotopic (exact) mass is 199 g/mol. The lowest BCUT2D eigenvalue weighted by molar-refractivity contribution is -0.106. The SMILES string of the molecule is CC(C)(C)C(O)(CN)C1CCCCC1. The first kappa shape index (κ1) is 12.0. The molecule has 0 heterocycles. The van der Waals surface area contributed by atoms with Gasteiger partial charge in [-0.1, -0.05) is 40.0 Å². The zero-order valence-corrected chi connectivity index (χ0v) is 9.84. The van der Waals surface area contributed by atoms with Gasteiger partial charge >= 0.3 is 0 Å². The lowest BCUT2D eigenvalue weighted by Crippen LogP contribution is -2.55. The summed E-state index contributed by atoms with van der Waals surface area (Å²) in [5, 5.41) is 10.7. The maximum atomic E-state index is 10.7. The molecule has 0 amide bonds. The van der Waals surface area contributed by atoms with E-state index in [0.717, 1.165) is 12.8 Å². The Balaban J connectivity index is 2.77. The van der Waals surface area contributed by atoms with Crippen molar-refractivity contribution in [3.8, 4) is 0 Å². The summed E-state index contributed by atoms with van der Waals surface area (Å²) in [7, 11) is 0. The Kier molecular flexibility index (Phi) is 3.59. The summed E-state index contributed by atoms with van der Waals surface area (Å²) >= 11 is 0. The van der Waals surface area contributed by atoms with Crippen molar-refractivity contribution >= 4 is 0 Å². The fourth-order valence-electron chi connectivity index (χ4n) is 2.67. The van der Waals surface area contributed by atoms with Crippen LogP contribution in [0.2, 0.25) is 0 Å². The van der Waals surface area contributed by atoms with Crippen molar-refractivity contribution in [3.05, 3.63) is 0 Å². The highest BCUT2D eigenvalue weighted by molar-refractivity contribution is 4.97. The van der Waals surface area contributed by atoms with E-state index in [1.165, 1.54) is 19.3 Å². The molecule has 1 saturated carbocycles. The van der Waals surface area contributed by atoms with Gasteiger partial charge in [0.1, 0.15) is 0 Å². The first-order chi connectivity index (χ1) is 6.42. The molecule has 2 nitrogen and oxygen atoms in total. The van der Waals surface area contributed by atoms with E-state index in [9.17, 15) is 5.11 Å². The van der Waals surface area contributed by atoms with Crippen LogP contribution in [0.15, 0.2) is 0 Å². The number of nitrogens with two attached hydrogens (primary N) is 1. The molecule has 1 atom stereocenters. The molecule has 0 radical (unpaired) electrons. The summed E-state index contributed by atoms with van der Waals surface area (Å²) in [6.45, 7) is 6.67. The maximum Gasteiger partial charge on any atom is 0.0845 e. The fourth-order valence-corrected chi connectivity index (χ4v) is 2.67. The van der Waals surface area contributed by atoms with Crippen LogP contribution in [0.25, 0.3) is 0 Å². The molecule has 1 fully saturated rings. The molecule has 0 saturated heterocycles. The number of hydrogen-bond acceptors (Lipinski definition) is 2. The van der Waals surface area contributed by atoms with Crippen LogP contribution < -0.4 is 5.73 Å². The summed E-state index contributed by atoms with van der Waals surface area (Å²) in [5.74, 6) is 0.404. The third kappa shape index (κ3) is 2.12. The summed E-state index contributed by atoms with van der Waals surface area (Å²) < 4.78 is 0. The second-order valence-electron chi connectivity index (χ2n) is 5.71. The summed E-state index contributed by atoms with van der Waals surface area (Å²) in [6.07, 6.45) is 6.11. The average molecular weight is 199 g/mol. The summed E-state index contributed by atoms with van der Waals surface area (Å²) in [4.78, 5) is 0. The topological polar surface area (TPSA) is 46.2 Å². The van der Waals surface area contributed by atoms with Gasteiger partial charge in [0.2, 0.25) is 0 Å². The number of hydrogen-bond donors (Lipinski definition) is 2. The van der Waals surface area contributed by atoms with E-state index in [1.807, 2.05) is 0 Å². The lowest BCUT2D eigenvalue weighted by Gasteiger charge is -2.46. The molecule has 0 aromatic rings. The van der Waals surface area contributed by atoms with Crippen LogP contribution >= 0.6 is 0 Å². The normalized spacial score (nSPS) is 24.6. The molecule has 2 heteroatoms. The van der Waals surface area contributed by atoms with E-state index in [-0.39, 0.29) is 5.41 Å². The van der Waals surface area contributed by atoms with E-state index in [2.05, 4.69) is 20.8 Å². The molecule has 14 heavy (non-hydrogen) atoms. The van der Waals surface area contributed by atoms with Gasteiger partial charge in [0.25, 0.3) is 0 Å². The van der Waals surface area contributed by atoms with E-state index < -0.39 is 5.60 Å². The Morgan fingerprint density at radius 1 is 1.14 bits per heavy atom. The highest BCUT2D eigenvalue weighted by Gasteiger charge is 2.45. The van der Waals surface area contributed by atoms with Gasteiger partial charge in [-0.15, -0.1) is 0 Å². The van der Waals surface area contributed by atoms with Crippen LogP contribution in [0.1, 0.15) is 52.9 Å². The Bertz CT molecular complexity index is 179. The van der Waals surface area contributed by atoms with E-state index >= 15 is 0 Å². The van der Waals surface area contributed by atoms with Crippen molar-refractivity contribution in [2.24, 2.45) is 17.1 Å². The van der Waals surface area contributed by atoms with E-state index in [1.54, 1.807) is 0 Å². The molecule has 0 spiro atoms. The van der Waals surface area contributed by atoms with Gasteiger partial charge in [-0.05, 0) is 24.2 Å². The van der Waals surface area contributed by atoms with Gasteiger partial charge in [-0.25, -0.2) is 0 Å². The Labute approximate surface area is 87.9 Å². The Morgan fingerprint density at radius 3 is 2.00 bits per heavy atom. The van der Waals surface area contributed by atoms with Crippen molar-refractivity contribution < 1.29 is 5.11 Å². The van der Waals surface area contributed by atoms with Gasteiger partial charge < -0.3 is 10.8 Å². The largest absolute Gasteiger partial charge is 0.388 e. The second-order valence-corrected chi connectivity index (χ2v) is 5.71. The highest BCUT2D eigenvalue weighted by atomic mass is 16.3. The third-order valence-electron chi connectivity index (χ3n) is 3.89. The average Bonchev–Trinajstić information content (AvgIpc) is 2.16. The third-order valence-corrected chi connectivity index (χ3v) is 3.89. The van der Waals surface area contributed by atoms with Gasteiger partial charge in [0, 0.05) is 6.54 Å². The quantitative estimate of drug-likeness (QED) is 0.717. The van der Waals surface area contributed by atoms with Crippen LogP contribution in [0, 0.1) is 11.3 Å². The van der Waals surface area contributed by atoms with Crippen LogP contribution in [-0.2, 0) is 0 Å². The van der Waals surface area contributed by atoms with Crippen LogP contribution in [-0.4, -0.2) is 17.3 Å². The fraction of sp³-hybridized carbons (Fsp3) is 1.00. The minimum atomic E-state index is -0.673. The highest BCUT2D eigenvalue weighted by Crippen LogP contribution is 2.42. The van der Waals surface area contributed by atoms with Crippen molar-refractivity contribution in [2.75, 3.05) is 6.54 Å². The van der Waals surface area contributed by atoms with Gasteiger partial charge in [0.05, 0.1) is 5.60 Å². The first-order valence-electron chi connectivity index (χ1n) is 5.84. The second kappa shape index (κ2) is 4.19. The molecule has 1 aliphatic rings. The van der Waals surface area contributed by atoms with Crippen molar-refractivity contribution in [1.29, 1.82) is 0 Å². The Hall–Kier alpha value is -0.0800. The molecular weight excluding hydrogens is 174 g/mol. The minimum Gasteiger partial charge on any atom is -0.388 e. The smallest absolute Gasteiger partial charge is 0.0845 e. The number of aliphatic hydroxyl groups is 1. The minimum absolute atomic E-state index is 0.107. The zero-order chi connectivity index (χ0) is 10.8. The van der Waals surface area contributed by atoms with Crippen molar-refractivity contribution in [3.63, 3.8) is 0 Å². The molecule has 0 aliphatic heterocycles. The molecule has 1 unspecified atom stereocenters. The van der Waals surface area contributed by atoms with Crippen LogP contribution in [0.3, 0.4) is 0 Å². The molecule has 1 aliphatic carbocycles. The predicted octanol–water partition coefficient (Wildman–Crippen LogP) is 2.30. The van der Waals surface area contributed by atoms with Crippen LogP contribution in [0.5, 0.6) is 0 Å². The van der Waals surface area contributed by atoms with E-state index in [0.29, 0.717) is 12.5 Å². The molecule has 0 aromatic carbocycles. The zero-order valence-electron chi connectivity index (χ0n) is 9.84. The predicted molar refractivity (Wildman–Crippen MR) is 60.0 cm³/mol. The molecule has 1 rings (SSSR count). The molecule has 0 aromatic heterocycles. The summed E-state index contributed by atoms with van der Waals surface area (Å²) in [5.41, 5.74) is 4.99. The Morgan fingerprint density at radius 2 is 1.64 bits per heavy atom. The van der Waals surface area contributed by atoms with Crippen molar-refractivity contribution in [1.82, 2.24) is 0 Å².